The predicted octanol–water partition coefficient (Wildman–Crippen LogP) is 3.79. The maximum Gasteiger partial charge on any atom is 0.224 e. The van der Waals surface area contributed by atoms with Crippen molar-refractivity contribution in [2.45, 2.75) is 12.8 Å². The van der Waals surface area contributed by atoms with Crippen molar-refractivity contribution in [3.8, 4) is 21.9 Å². The number of benzene rings is 2. The van der Waals surface area contributed by atoms with Crippen molar-refractivity contribution in [2.24, 2.45) is 0 Å². The average Bonchev–Trinajstić information content (AvgIpc) is 3.21. The van der Waals surface area contributed by atoms with Crippen LogP contribution >= 0.6 is 11.5 Å². The lowest BCUT2D eigenvalue weighted by atomic mass is 10.1. The summed E-state index contributed by atoms with van der Waals surface area (Å²) in [5.74, 6) is 1.31. The highest BCUT2D eigenvalue weighted by Gasteiger charge is 2.08. The number of hydrogen-bond acceptors (Lipinski definition) is 6. The van der Waals surface area contributed by atoms with Gasteiger partial charge in [-0.2, -0.15) is 0 Å². The number of ether oxygens (including phenoxy) is 2. The Bertz CT molecular complexity index is 864. The Kier molecular flexibility index (Phi) is 5.80. The summed E-state index contributed by atoms with van der Waals surface area (Å²) >= 11 is 1.34. The Morgan fingerprint density at radius 2 is 1.85 bits per heavy atom. The first-order chi connectivity index (χ1) is 12.7. The fourth-order valence-corrected chi connectivity index (χ4v) is 3.05. The van der Waals surface area contributed by atoms with Crippen LogP contribution in [-0.4, -0.2) is 29.7 Å². The molecular formula is C19H19N3O3S. The topological polar surface area (TPSA) is 73.3 Å². The molecule has 134 valence electrons. The van der Waals surface area contributed by atoms with Gasteiger partial charge in [0.25, 0.3) is 0 Å². The molecule has 7 heteroatoms. The number of aryl methyl sites for hydroxylation is 1. The molecule has 0 aliphatic rings. The zero-order valence-electron chi connectivity index (χ0n) is 14.6. The molecule has 3 aromatic rings. The molecule has 6 nitrogen and oxygen atoms in total. The van der Waals surface area contributed by atoms with Crippen molar-refractivity contribution in [1.82, 2.24) is 9.59 Å². The summed E-state index contributed by atoms with van der Waals surface area (Å²) in [6.45, 7) is 0. The maximum absolute atomic E-state index is 12.2. The van der Waals surface area contributed by atoms with Gasteiger partial charge in [0, 0.05) is 12.1 Å². The van der Waals surface area contributed by atoms with Crippen molar-refractivity contribution >= 4 is 23.1 Å². The van der Waals surface area contributed by atoms with Gasteiger partial charge in [-0.3, -0.25) is 4.79 Å². The van der Waals surface area contributed by atoms with Gasteiger partial charge in [0.15, 0.2) is 11.5 Å². The van der Waals surface area contributed by atoms with Crippen LogP contribution in [0.15, 0.2) is 48.7 Å². The first-order valence-corrected chi connectivity index (χ1v) is 8.85. The summed E-state index contributed by atoms with van der Waals surface area (Å²) in [6.07, 6.45) is 2.73. The van der Waals surface area contributed by atoms with Crippen LogP contribution < -0.4 is 14.8 Å². The minimum absolute atomic E-state index is 0.0352. The standard InChI is InChI=1S/C19H19N3O3S/c1-24-16-9-3-13(11-17(16)25-2)4-10-19(23)21-15-7-5-14(6-8-15)18-12-20-22-26-18/h3,5-9,11-12H,4,10H2,1-2H3,(H,21,23). The van der Waals surface area contributed by atoms with Crippen LogP contribution in [0.25, 0.3) is 10.4 Å². The highest BCUT2D eigenvalue weighted by atomic mass is 32.1. The van der Waals surface area contributed by atoms with Crippen LogP contribution in [-0.2, 0) is 11.2 Å². The molecule has 2 aromatic carbocycles. The quantitative estimate of drug-likeness (QED) is 0.686. The van der Waals surface area contributed by atoms with Crippen LogP contribution in [0.5, 0.6) is 11.5 Å². The molecule has 0 bridgehead atoms. The molecular weight excluding hydrogens is 350 g/mol. The number of nitrogens with one attached hydrogen (secondary N) is 1. The van der Waals surface area contributed by atoms with E-state index in [0.29, 0.717) is 24.3 Å². The van der Waals surface area contributed by atoms with Crippen molar-refractivity contribution < 1.29 is 14.3 Å². The Balaban J connectivity index is 1.56. The highest BCUT2D eigenvalue weighted by molar-refractivity contribution is 7.09. The molecule has 1 heterocycles. The smallest absolute Gasteiger partial charge is 0.224 e. The van der Waals surface area contributed by atoms with E-state index >= 15 is 0 Å². The highest BCUT2D eigenvalue weighted by Crippen LogP contribution is 2.28. The molecule has 3 rings (SSSR count). The van der Waals surface area contributed by atoms with Crippen LogP contribution in [0, 0.1) is 0 Å². The second-order valence-corrected chi connectivity index (χ2v) is 6.38. The van der Waals surface area contributed by atoms with Gasteiger partial charge >= 0.3 is 0 Å². The van der Waals surface area contributed by atoms with E-state index in [2.05, 4.69) is 14.9 Å². The SMILES string of the molecule is COc1ccc(CCC(=O)Nc2ccc(-c3cnns3)cc2)cc1OC. The fraction of sp³-hybridized carbons (Fsp3) is 0.211. The van der Waals surface area contributed by atoms with Crippen molar-refractivity contribution in [2.75, 3.05) is 19.5 Å². The van der Waals surface area contributed by atoms with E-state index in [1.807, 2.05) is 42.5 Å². The van der Waals surface area contributed by atoms with Crippen molar-refractivity contribution in [3.05, 3.63) is 54.2 Å². The summed E-state index contributed by atoms with van der Waals surface area (Å²) in [6, 6.07) is 13.3. The maximum atomic E-state index is 12.2. The first-order valence-electron chi connectivity index (χ1n) is 8.08. The lowest BCUT2D eigenvalue weighted by Crippen LogP contribution is -2.12. The number of amides is 1. The molecule has 1 N–H and O–H groups in total. The van der Waals surface area contributed by atoms with Crippen molar-refractivity contribution in [3.63, 3.8) is 0 Å². The number of rotatable bonds is 7. The summed E-state index contributed by atoms with van der Waals surface area (Å²) in [7, 11) is 3.20. The van der Waals surface area contributed by atoms with E-state index < -0.39 is 0 Å². The largest absolute Gasteiger partial charge is 0.493 e. The Hall–Kier alpha value is -2.93. The van der Waals surface area contributed by atoms with E-state index in [4.69, 9.17) is 9.47 Å². The molecule has 0 aliphatic carbocycles. The monoisotopic (exact) mass is 369 g/mol. The zero-order valence-corrected chi connectivity index (χ0v) is 15.4. The van der Waals surface area contributed by atoms with Gasteiger partial charge in [-0.25, -0.2) is 0 Å². The molecule has 26 heavy (non-hydrogen) atoms. The number of hydrogen-bond donors (Lipinski definition) is 1. The normalized spacial score (nSPS) is 10.4. The van der Waals surface area contributed by atoms with E-state index in [0.717, 1.165) is 21.7 Å². The number of methoxy groups -OCH3 is 2. The molecule has 0 saturated heterocycles. The summed E-state index contributed by atoms with van der Waals surface area (Å²) in [5, 5.41) is 6.74. The number of aromatic nitrogens is 2. The third-order valence-electron chi connectivity index (χ3n) is 3.90. The van der Waals surface area contributed by atoms with E-state index in [1.165, 1.54) is 11.5 Å². The molecule has 0 fully saturated rings. The third kappa shape index (κ3) is 4.37. The molecule has 0 unspecified atom stereocenters. The molecule has 0 radical (unpaired) electrons. The number of carbonyl (C=O) groups excluding carboxylic acids is 1. The van der Waals surface area contributed by atoms with Gasteiger partial charge in [-0.15, -0.1) is 5.10 Å². The summed E-state index contributed by atoms with van der Waals surface area (Å²) in [4.78, 5) is 13.2. The predicted molar refractivity (Wildman–Crippen MR) is 102 cm³/mol. The number of nitrogens with zero attached hydrogens (tertiary/aromatic N) is 2. The van der Waals surface area contributed by atoms with E-state index in [9.17, 15) is 4.79 Å². The van der Waals surface area contributed by atoms with E-state index in [1.54, 1.807) is 20.4 Å². The third-order valence-corrected chi connectivity index (χ3v) is 4.62. The van der Waals surface area contributed by atoms with Crippen LogP contribution in [0.3, 0.4) is 0 Å². The first kappa shape index (κ1) is 17.9. The molecule has 1 amide bonds. The van der Waals surface area contributed by atoms with E-state index in [-0.39, 0.29) is 5.91 Å². The average molecular weight is 369 g/mol. The number of carbonyl (C=O) groups is 1. The fourth-order valence-electron chi connectivity index (χ4n) is 2.53. The molecule has 0 saturated carbocycles. The van der Waals surface area contributed by atoms with Crippen LogP contribution in [0.2, 0.25) is 0 Å². The Morgan fingerprint density at radius 1 is 1.08 bits per heavy atom. The minimum Gasteiger partial charge on any atom is -0.493 e. The van der Waals surface area contributed by atoms with Crippen LogP contribution in [0.1, 0.15) is 12.0 Å². The van der Waals surface area contributed by atoms with Gasteiger partial charge in [-0.05, 0) is 53.3 Å². The summed E-state index contributed by atoms with van der Waals surface area (Å²) in [5.41, 5.74) is 2.82. The lowest BCUT2D eigenvalue weighted by molar-refractivity contribution is -0.116. The number of anilines is 1. The minimum atomic E-state index is -0.0352. The Labute approximate surface area is 155 Å². The molecule has 0 atom stereocenters. The Morgan fingerprint density at radius 3 is 2.50 bits per heavy atom. The molecule has 1 aromatic heterocycles. The van der Waals surface area contributed by atoms with Gasteiger partial charge in [-0.1, -0.05) is 22.7 Å². The molecule has 0 aliphatic heterocycles. The molecule has 0 spiro atoms. The second kappa shape index (κ2) is 8.44. The van der Waals surface area contributed by atoms with Gasteiger partial charge in [0.2, 0.25) is 5.91 Å². The van der Waals surface area contributed by atoms with Gasteiger partial charge in [0.1, 0.15) is 0 Å². The second-order valence-electron chi connectivity index (χ2n) is 5.60. The van der Waals surface area contributed by atoms with Crippen molar-refractivity contribution in [1.29, 1.82) is 0 Å². The lowest BCUT2D eigenvalue weighted by Gasteiger charge is -2.10. The summed E-state index contributed by atoms with van der Waals surface area (Å²) < 4.78 is 14.4. The van der Waals surface area contributed by atoms with Crippen LogP contribution in [0.4, 0.5) is 5.69 Å². The van der Waals surface area contributed by atoms with Gasteiger partial charge in [0.05, 0.1) is 25.3 Å². The zero-order chi connectivity index (χ0) is 18.4. The van der Waals surface area contributed by atoms with Gasteiger partial charge < -0.3 is 14.8 Å².